The lowest BCUT2D eigenvalue weighted by atomic mass is 9.70. The summed E-state index contributed by atoms with van der Waals surface area (Å²) >= 11 is 0. The summed E-state index contributed by atoms with van der Waals surface area (Å²) in [6.45, 7) is 0.731. The van der Waals surface area contributed by atoms with Gasteiger partial charge in [0.15, 0.2) is 0 Å². The summed E-state index contributed by atoms with van der Waals surface area (Å²) in [4.78, 5) is 15.4. The average molecular weight is 469 g/mol. The van der Waals surface area contributed by atoms with Crippen LogP contribution in [-0.4, -0.2) is 24.1 Å². The van der Waals surface area contributed by atoms with Crippen LogP contribution >= 0.6 is 0 Å². The van der Waals surface area contributed by atoms with Crippen molar-refractivity contribution in [1.82, 2.24) is 4.90 Å². The van der Waals surface area contributed by atoms with E-state index >= 15 is 0 Å². The first-order chi connectivity index (χ1) is 17.2. The van der Waals surface area contributed by atoms with Crippen molar-refractivity contribution in [2.75, 3.05) is 13.3 Å². The van der Waals surface area contributed by atoms with Gasteiger partial charge in [-0.05, 0) is 47.4 Å². The number of rotatable bonds is 8. The molecule has 0 saturated carbocycles. The lowest BCUT2D eigenvalue weighted by Gasteiger charge is -2.44. The van der Waals surface area contributed by atoms with Gasteiger partial charge in [-0.2, -0.15) is 0 Å². The molecule has 1 heterocycles. The third-order valence-electron chi connectivity index (χ3n) is 7.23. The van der Waals surface area contributed by atoms with Gasteiger partial charge in [0, 0.05) is 12.5 Å². The maximum atomic E-state index is 13.4. The lowest BCUT2D eigenvalue weighted by Crippen LogP contribution is -2.45. The second-order valence-electron chi connectivity index (χ2n) is 9.30. The van der Waals surface area contributed by atoms with Gasteiger partial charge in [-0.3, -0.25) is 4.79 Å². The Kier molecular flexibility index (Phi) is 7.15. The van der Waals surface area contributed by atoms with Crippen LogP contribution in [-0.2, 0) is 33.7 Å². The maximum Gasteiger partial charge on any atom is 0.237 e. The Balaban J connectivity index is 1.58. The molecule has 1 amide bonds. The van der Waals surface area contributed by atoms with E-state index in [1.54, 1.807) is 6.26 Å². The van der Waals surface area contributed by atoms with E-state index < -0.39 is 0 Å². The molecule has 5 heteroatoms. The number of nitrogens with zero attached hydrogens (tertiary/aromatic N) is 1. The summed E-state index contributed by atoms with van der Waals surface area (Å²) in [5.74, 6) is 1.04. The second kappa shape index (κ2) is 10.8. The number of amides is 1. The molecule has 0 radical (unpaired) electrons. The highest BCUT2D eigenvalue weighted by molar-refractivity contribution is 5.78. The Hall–Kier alpha value is -3.57. The number of carbonyl (C=O) groups excluding carboxylic acids is 1. The number of benzene rings is 3. The summed E-state index contributed by atoms with van der Waals surface area (Å²) in [6, 6.07) is 29.0. The zero-order valence-corrected chi connectivity index (χ0v) is 19.9. The topological polar surface area (TPSA) is 64.8 Å². The minimum absolute atomic E-state index is 0.0239. The van der Waals surface area contributed by atoms with E-state index in [9.17, 15) is 4.79 Å². The maximum absolute atomic E-state index is 13.4. The van der Waals surface area contributed by atoms with Crippen LogP contribution in [0.3, 0.4) is 0 Å². The minimum Gasteiger partial charge on any atom is -0.462 e. The van der Waals surface area contributed by atoms with Crippen molar-refractivity contribution in [3.05, 3.63) is 119 Å². The van der Waals surface area contributed by atoms with Crippen molar-refractivity contribution in [2.45, 2.75) is 31.8 Å². The summed E-state index contributed by atoms with van der Waals surface area (Å²) < 4.78 is 11.5. The van der Waals surface area contributed by atoms with E-state index in [4.69, 9.17) is 15.2 Å². The van der Waals surface area contributed by atoms with Gasteiger partial charge in [0.25, 0.3) is 0 Å². The van der Waals surface area contributed by atoms with Gasteiger partial charge < -0.3 is 20.1 Å². The standard InChI is InChI=1S/C30H32N2O3/c31-18-29(33)32(19-23-11-5-2-6-12-23)30-25-14-8-7-13-24(25)15-16-26(30)27(28-20-34-21-35-28)17-22-9-3-1-4-10-22/h1-14,20,26-27,30H,15-19,21,31H2. The van der Waals surface area contributed by atoms with Crippen molar-refractivity contribution in [3.8, 4) is 0 Å². The summed E-state index contributed by atoms with van der Waals surface area (Å²) in [7, 11) is 0. The molecule has 3 aromatic rings. The van der Waals surface area contributed by atoms with Crippen LogP contribution < -0.4 is 5.73 Å². The molecule has 180 valence electrons. The van der Waals surface area contributed by atoms with Crippen molar-refractivity contribution in [2.24, 2.45) is 17.6 Å². The number of allylic oxidation sites excluding steroid dienone is 1. The first-order valence-electron chi connectivity index (χ1n) is 12.3. The first-order valence-corrected chi connectivity index (χ1v) is 12.3. The normalized spacial score (nSPS) is 19.6. The summed E-state index contributed by atoms with van der Waals surface area (Å²) in [5.41, 5.74) is 10.8. The molecule has 35 heavy (non-hydrogen) atoms. The van der Waals surface area contributed by atoms with Crippen LogP contribution in [0.2, 0.25) is 0 Å². The second-order valence-corrected chi connectivity index (χ2v) is 9.30. The highest BCUT2D eigenvalue weighted by Crippen LogP contribution is 2.46. The number of hydrogen-bond acceptors (Lipinski definition) is 4. The molecule has 0 spiro atoms. The highest BCUT2D eigenvalue weighted by Gasteiger charge is 2.42. The molecule has 0 saturated heterocycles. The van der Waals surface area contributed by atoms with Gasteiger partial charge in [0.2, 0.25) is 12.7 Å². The average Bonchev–Trinajstić information content (AvgIpc) is 3.46. The molecule has 2 N–H and O–H groups in total. The smallest absolute Gasteiger partial charge is 0.237 e. The minimum atomic E-state index is -0.116. The number of fused-ring (bicyclic) bond motifs is 1. The Morgan fingerprint density at radius 1 is 0.943 bits per heavy atom. The molecule has 3 aromatic carbocycles. The Morgan fingerprint density at radius 3 is 2.31 bits per heavy atom. The zero-order chi connectivity index (χ0) is 24.0. The monoisotopic (exact) mass is 468 g/mol. The predicted molar refractivity (Wildman–Crippen MR) is 136 cm³/mol. The lowest BCUT2D eigenvalue weighted by molar-refractivity contribution is -0.135. The van der Waals surface area contributed by atoms with Crippen LogP contribution in [0.1, 0.15) is 34.7 Å². The largest absolute Gasteiger partial charge is 0.462 e. The Morgan fingerprint density at radius 2 is 1.63 bits per heavy atom. The molecular weight excluding hydrogens is 436 g/mol. The van der Waals surface area contributed by atoms with Crippen LogP contribution in [0.5, 0.6) is 0 Å². The number of aryl methyl sites for hydroxylation is 1. The van der Waals surface area contributed by atoms with Crippen LogP contribution in [0.15, 0.2) is 97.0 Å². The quantitative estimate of drug-likeness (QED) is 0.506. The van der Waals surface area contributed by atoms with Gasteiger partial charge in [-0.15, -0.1) is 0 Å². The van der Waals surface area contributed by atoms with E-state index in [1.165, 1.54) is 16.7 Å². The van der Waals surface area contributed by atoms with Crippen molar-refractivity contribution >= 4 is 5.91 Å². The summed E-state index contributed by atoms with van der Waals surface area (Å²) in [6.07, 6.45) is 4.49. The molecule has 5 nitrogen and oxygen atoms in total. The van der Waals surface area contributed by atoms with E-state index in [2.05, 4.69) is 60.7 Å². The number of ether oxygens (including phenoxy) is 2. The van der Waals surface area contributed by atoms with Crippen LogP contribution in [0, 0.1) is 11.8 Å². The zero-order valence-electron chi connectivity index (χ0n) is 19.9. The fourth-order valence-electron chi connectivity index (χ4n) is 5.60. The molecule has 2 aliphatic rings. The van der Waals surface area contributed by atoms with Crippen LogP contribution in [0.25, 0.3) is 0 Å². The van der Waals surface area contributed by atoms with Crippen molar-refractivity contribution in [3.63, 3.8) is 0 Å². The third kappa shape index (κ3) is 5.10. The Labute approximate surface area is 207 Å². The summed E-state index contributed by atoms with van der Waals surface area (Å²) in [5, 5.41) is 0. The Bertz CT molecular complexity index is 1160. The fraction of sp³-hybridized carbons (Fsp3) is 0.300. The van der Waals surface area contributed by atoms with Crippen LogP contribution in [0.4, 0.5) is 0 Å². The van der Waals surface area contributed by atoms with E-state index in [0.717, 1.165) is 30.6 Å². The molecule has 1 aliphatic heterocycles. The van der Waals surface area contributed by atoms with Gasteiger partial charge in [0.05, 0.1) is 12.6 Å². The number of nitrogens with two attached hydrogens (primary N) is 1. The molecule has 3 atom stereocenters. The van der Waals surface area contributed by atoms with Crippen molar-refractivity contribution < 1.29 is 14.3 Å². The van der Waals surface area contributed by atoms with Gasteiger partial charge in [-0.1, -0.05) is 84.9 Å². The van der Waals surface area contributed by atoms with Crippen molar-refractivity contribution in [1.29, 1.82) is 0 Å². The molecule has 0 aromatic heterocycles. The fourth-order valence-corrected chi connectivity index (χ4v) is 5.60. The van der Waals surface area contributed by atoms with E-state index in [0.29, 0.717) is 6.54 Å². The molecule has 0 bridgehead atoms. The molecule has 0 fully saturated rings. The highest BCUT2D eigenvalue weighted by atomic mass is 16.7. The van der Waals surface area contributed by atoms with Gasteiger partial charge >= 0.3 is 0 Å². The SMILES string of the molecule is NCC(=O)N(Cc1ccccc1)C1c2ccccc2CCC1C(Cc1ccccc1)C1=COCO1. The number of hydrogen-bond donors (Lipinski definition) is 1. The molecule has 1 aliphatic carbocycles. The van der Waals surface area contributed by atoms with E-state index in [-0.39, 0.29) is 37.1 Å². The number of carbonyl (C=O) groups is 1. The van der Waals surface area contributed by atoms with Gasteiger partial charge in [0.1, 0.15) is 12.0 Å². The molecule has 5 rings (SSSR count). The molecule has 3 unspecified atom stereocenters. The predicted octanol–water partition coefficient (Wildman–Crippen LogP) is 4.98. The first kappa shape index (κ1) is 23.2. The third-order valence-corrected chi connectivity index (χ3v) is 7.23. The van der Waals surface area contributed by atoms with Gasteiger partial charge in [-0.25, -0.2) is 0 Å². The van der Waals surface area contributed by atoms with E-state index in [1.807, 2.05) is 29.2 Å². The molecular formula is C30H32N2O3.